The quantitative estimate of drug-likeness (QED) is 0.739. The van der Waals surface area contributed by atoms with Crippen molar-refractivity contribution >= 4 is 11.9 Å². The first-order valence-electron chi connectivity index (χ1n) is 6.92. The molecule has 0 spiro atoms. The average Bonchev–Trinajstić information content (AvgIpc) is 2.43. The number of nitrogens with one attached hydrogen (secondary N) is 1. The number of pyridine rings is 1. The molecule has 0 aliphatic rings. The van der Waals surface area contributed by atoms with E-state index in [0.29, 0.717) is 13.0 Å². The van der Waals surface area contributed by atoms with Crippen LogP contribution in [0.2, 0.25) is 0 Å². The van der Waals surface area contributed by atoms with Gasteiger partial charge in [-0.1, -0.05) is 20.3 Å². The lowest BCUT2D eigenvalue weighted by atomic mass is 9.99. The van der Waals surface area contributed by atoms with Crippen molar-refractivity contribution < 1.29 is 19.3 Å². The predicted octanol–water partition coefficient (Wildman–Crippen LogP) is 1.29. The van der Waals surface area contributed by atoms with E-state index in [4.69, 9.17) is 5.11 Å². The van der Waals surface area contributed by atoms with E-state index in [0.717, 1.165) is 5.56 Å². The van der Waals surface area contributed by atoms with E-state index in [1.54, 1.807) is 0 Å². The van der Waals surface area contributed by atoms with Crippen molar-refractivity contribution in [2.24, 2.45) is 5.92 Å². The summed E-state index contributed by atoms with van der Waals surface area (Å²) in [7, 11) is 0. The van der Waals surface area contributed by atoms with Gasteiger partial charge in [0.1, 0.15) is 6.04 Å². The highest BCUT2D eigenvalue weighted by molar-refractivity contribution is 5.83. The third-order valence-corrected chi connectivity index (χ3v) is 3.45. The second-order valence-electron chi connectivity index (χ2n) is 5.13. The van der Waals surface area contributed by atoms with Gasteiger partial charge in [0.2, 0.25) is 5.91 Å². The van der Waals surface area contributed by atoms with Crippen molar-refractivity contribution in [3.63, 3.8) is 0 Å². The number of carbonyl (C=O) groups excluding carboxylic acids is 1. The van der Waals surface area contributed by atoms with Crippen LogP contribution in [0.1, 0.15) is 32.3 Å². The molecule has 0 aliphatic carbocycles. The van der Waals surface area contributed by atoms with Gasteiger partial charge in [-0.15, -0.1) is 0 Å². The summed E-state index contributed by atoms with van der Waals surface area (Å²) < 4.78 is 1.91. The summed E-state index contributed by atoms with van der Waals surface area (Å²) >= 11 is 0. The first kappa shape index (κ1) is 16.1. The predicted molar refractivity (Wildman–Crippen MR) is 75.0 cm³/mol. The van der Waals surface area contributed by atoms with E-state index in [9.17, 15) is 9.59 Å². The molecule has 1 rings (SSSR count). The summed E-state index contributed by atoms with van der Waals surface area (Å²) in [5.41, 5.74) is 1.16. The van der Waals surface area contributed by atoms with Gasteiger partial charge in [0.25, 0.3) is 0 Å². The van der Waals surface area contributed by atoms with Crippen LogP contribution in [0.5, 0.6) is 0 Å². The van der Waals surface area contributed by atoms with E-state index in [1.165, 1.54) is 0 Å². The lowest BCUT2D eigenvalue weighted by molar-refractivity contribution is -0.695. The molecule has 20 heavy (non-hydrogen) atoms. The maximum atomic E-state index is 11.8. The number of carbonyl (C=O) groups is 2. The molecule has 5 heteroatoms. The minimum Gasteiger partial charge on any atom is -0.480 e. The summed E-state index contributed by atoms with van der Waals surface area (Å²) in [6, 6.07) is 3.13. The van der Waals surface area contributed by atoms with E-state index in [2.05, 4.69) is 5.32 Å². The topological polar surface area (TPSA) is 70.3 Å². The Hall–Kier alpha value is -1.91. The van der Waals surface area contributed by atoms with Gasteiger partial charge in [0.05, 0.1) is 6.42 Å². The Morgan fingerprint density at radius 3 is 2.45 bits per heavy atom. The molecule has 1 aromatic rings. The molecule has 110 valence electrons. The largest absolute Gasteiger partial charge is 0.480 e. The van der Waals surface area contributed by atoms with Crippen molar-refractivity contribution in [3.8, 4) is 0 Å². The maximum Gasteiger partial charge on any atom is 0.326 e. The highest BCUT2D eigenvalue weighted by Gasteiger charge is 2.25. The Labute approximate surface area is 119 Å². The van der Waals surface area contributed by atoms with E-state index >= 15 is 0 Å². The lowest BCUT2D eigenvalue weighted by Gasteiger charge is -2.19. The first-order chi connectivity index (χ1) is 9.43. The van der Waals surface area contributed by atoms with Crippen molar-refractivity contribution in [1.29, 1.82) is 0 Å². The third kappa shape index (κ3) is 4.99. The minimum absolute atomic E-state index is 0.0801. The van der Waals surface area contributed by atoms with Gasteiger partial charge >= 0.3 is 5.97 Å². The van der Waals surface area contributed by atoms with Crippen LogP contribution in [0.25, 0.3) is 0 Å². The van der Waals surface area contributed by atoms with Gasteiger partial charge in [-0.05, 0) is 18.4 Å². The zero-order chi connectivity index (χ0) is 15.1. The Morgan fingerprint density at radius 1 is 1.35 bits per heavy atom. The third-order valence-electron chi connectivity index (χ3n) is 3.45. The zero-order valence-electron chi connectivity index (χ0n) is 12.3. The molecule has 1 amide bonds. The molecule has 2 N–H and O–H groups in total. The molecule has 0 saturated heterocycles. The number of rotatable bonds is 7. The van der Waals surface area contributed by atoms with Crippen LogP contribution in [0, 0.1) is 12.8 Å². The van der Waals surface area contributed by atoms with Crippen LogP contribution >= 0.6 is 0 Å². The second-order valence-corrected chi connectivity index (χ2v) is 5.13. The van der Waals surface area contributed by atoms with E-state index < -0.39 is 12.0 Å². The number of aryl methyl sites for hydroxylation is 2. The molecule has 1 aromatic heterocycles. The Morgan fingerprint density at radius 2 is 1.95 bits per heavy atom. The van der Waals surface area contributed by atoms with Gasteiger partial charge in [0.15, 0.2) is 18.9 Å². The summed E-state index contributed by atoms with van der Waals surface area (Å²) in [6.45, 7) is 6.28. The van der Waals surface area contributed by atoms with Crippen LogP contribution in [-0.2, 0) is 16.1 Å². The van der Waals surface area contributed by atoms with E-state index in [1.807, 2.05) is 49.9 Å². The molecule has 2 unspecified atom stereocenters. The molecule has 1 heterocycles. The minimum atomic E-state index is -0.976. The number of hydrogen-bond donors (Lipinski definition) is 2. The van der Waals surface area contributed by atoms with Crippen LogP contribution in [0.4, 0.5) is 0 Å². The van der Waals surface area contributed by atoms with Gasteiger partial charge in [0, 0.05) is 12.1 Å². The summed E-state index contributed by atoms with van der Waals surface area (Å²) in [4.78, 5) is 23.0. The van der Waals surface area contributed by atoms with Gasteiger partial charge in [-0.25, -0.2) is 9.36 Å². The van der Waals surface area contributed by atoms with Crippen LogP contribution < -0.4 is 9.88 Å². The average molecular weight is 279 g/mol. The molecule has 2 atom stereocenters. The number of aliphatic carboxylic acids is 1. The normalized spacial score (nSPS) is 13.6. The number of carboxylic acid groups (broad SMARTS) is 1. The molecule has 0 aliphatic heterocycles. The molecule has 0 saturated carbocycles. The molecule has 5 nitrogen and oxygen atoms in total. The van der Waals surface area contributed by atoms with Gasteiger partial charge in [-0.2, -0.15) is 0 Å². The van der Waals surface area contributed by atoms with Crippen molar-refractivity contribution in [1.82, 2.24) is 5.32 Å². The van der Waals surface area contributed by atoms with Crippen molar-refractivity contribution in [3.05, 3.63) is 30.1 Å². The summed E-state index contributed by atoms with van der Waals surface area (Å²) in [5.74, 6) is -1.29. The molecule has 0 fully saturated rings. The molecule has 0 radical (unpaired) electrons. The standard InChI is InChI=1S/C15H22N2O3/c1-4-12(3)14(15(19)20)16-13(18)7-10-17-8-5-11(2)6-9-17/h5-6,8-9,12,14H,4,7,10H2,1-3H3,(H-,16,18,19,20)/p+1. The van der Waals surface area contributed by atoms with Crippen LogP contribution in [-0.4, -0.2) is 23.0 Å². The first-order valence-corrected chi connectivity index (χ1v) is 6.92. The number of carboxylic acids is 1. The fourth-order valence-corrected chi connectivity index (χ4v) is 1.84. The second kappa shape index (κ2) is 7.62. The smallest absolute Gasteiger partial charge is 0.326 e. The SMILES string of the molecule is CCC(C)C(NC(=O)CC[n+]1ccc(C)cc1)C(=O)O. The highest BCUT2D eigenvalue weighted by atomic mass is 16.4. The molecular formula is C15H23N2O3+. The zero-order valence-corrected chi connectivity index (χ0v) is 12.3. The Bertz CT molecular complexity index is 457. The number of amides is 1. The maximum absolute atomic E-state index is 11.8. The fraction of sp³-hybridized carbons (Fsp3) is 0.533. The highest BCUT2D eigenvalue weighted by Crippen LogP contribution is 2.08. The molecule has 0 aromatic carbocycles. The molecular weight excluding hydrogens is 256 g/mol. The monoisotopic (exact) mass is 279 g/mol. The van der Waals surface area contributed by atoms with Gasteiger partial charge < -0.3 is 10.4 Å². The number of nitrogens with zero attached hydrogens (tertiary/aromatic N) is 1. The Balaban J connectivity index is 2.49. The fourth-order valence-electron chi connectivity index (χ4n) is 1.84. The number of hydrogen-bond acceptors (Lipinski definition) is 2. The summed E-state index contributed by atoms with van der Waals surface area (Å²) in [5, 5.41) is 11.7. The number of aromatic nitrogens is 1. The van der Waals surface area contributed by atoms with Crippen molar-refractivity contribution in [2.75, 3.05) is 0 Å². The van der Waals surface area contributed by atoms with E-state index in [-0.39, 0.29) is 18.2 Å². The van der Waals surface area contributed by atoms with Crippen LogP contribution in [0.15, 0.2) is 24.5 Å². The molecule has 0 bridgehead atoms. The lowest BCUT2D eigenvalue weighted by Crippen LogP contribution is -2.46. The van der Waals surface area contributed by atoms with Crippen LogP contribution in [0.3, 0.4) is 0 Å². The summed E-state index contributed by atoms with van der Waals surface area (Å²) in [6.07, 6.45) is 4.80. The van der Waals surface area contributed by atoms with Crippen molar-refractivity contribution in [2.45, 2.75) is 46.2 Å². The van der Waals surface area contributed by atoms with Gasteiger partial charge in [-0.3, -0.25) is 4.79 Å². The Kier molecular flexibility index (Phi) is 6.15.